The molecule has 4 fully saturated rings. The van der Waals surface area contributed by atoms with Gasteiger partial charge in [-0.15, -0.1) is 0 Å². The Balaban J connectivity index is 1.57. The molecule has 4 unspecified atom stereocenters. The average molecular weight is 486 g/mol. The lowest BCUT2D eigenvalue weighted by atomic mass is 9.68. The average Bonchev–Trinajstić information content (AvgIpc) is 3.55. The monoisotopic (exact) mass is 485 g/mol. The summed E-state index contributed by atoms with van der Waals surface area (Å²) in [5, 5.41) is 9.31. The summed E-state index contributed by atoms with van der Waals surface area (Å²) in [6.07, 6.45) is 9.10. The number of hydrogen-bond donors (Lipinski definition) is 1. The molecular formula is C24H37F2N3O3S. The van der Waals surface area contributed by atoms with Crippen LogP contribution >= 0.6 is 0 Å². The number of nitrogens with zero attached hydrogens (tertiary/aromatic N) is 2. The first-order valence-electron chi connectivity index (χ1n) is 12.6. The second kappa shape index (κ2) is 9.77. The van der Waals surface area contributed by atoms with Gasteiger partial charge in [0, 0.05) is 24.0 Å². The van der Waals surface area contributed by atoms with Crippen molar-refractivity contribution < 1.29 is 22.0 Å². The minimum absolute atomic E-state index is 0.0310. The molecule has 0 bridgehead atoms. The lowest BCUT2D eigenvalue weighted by molar-refractivity contribution is -0.135. The van der Waals surface area contributed by atoms with Crippen LogP contribution in [0.4, 0.5) is 8.78 Å². The van der Waals surface area contributed by atoms with Gasteiger partial charge in [0.15, 0.2) is 0 Å². The van der Waals surface area contributed by atoms with Gasteiger partial charge < -0.3 is 4.90 Å². The Morgan fingerprint density at radius 1 is 1.18 bits per heavy atom. The third-order valence-corrected chi connectivity index (χ3v) is 9.79. The first-order valence-corrected chi connectivity index (χ1v) is 14.3. The zero-order valence-corrected chi connectivity index (χ0v) is 20.3. The molecule has 0 aromatic rings. The third-order valence-electron chi connectivity index (χ3n) is 8.89. The Hall–Kier alpha value is -1.27. The molecule has 1 spiro atoms. The number of nitrogens with one attached hydrogen (secondary N) is 1. The molecule has 1 saturated heterocycles. The summed E-state index contributed by atoms with van der Waals surface area (Å²) in [5.74, 6) is -1.02. The number of hydrogen-bond acceptors (Lipinski definition) is 4. The van der Waals surface area contributed by atoms with E-state index in [0.29, 0.717) is 25.3 Å². The molecule has 4 rings (SSSR count). The predicted octanol–water partition coefficient (Wildman–Crippen LogP) is 4.08. The highest BCUT2D eigenvalue weighted by Gasteiger charge is 2.62. The second-order valence-electron chi connectivity index (χ2n) is 11.0. The van der Waals surface area contributed by atoms with E-state index in [1.54, 1.807) is 4.90 Å². The highest BCUT2D eigenvalue weighted by Crippen LogP contribution is 2.57. The Morgan fingerprint density at radius 2 is 1.88 bits per heavy atom. The zero-order chi connectivity index (χ0) is 23.8. The van der Waals surface area contributed by atoms with Gasteiger partial charge in [0.2, 0.25) is 21.9 Å². The first kappa shape index (κ1) is 24.8. The number of carbonyl (C=O) groups is 1. The Labute approximate surface area is 196 Å². The summed E-state index contributed by atoms with van der Waals surface area (Å²) >= 11 is 0. The summed E-state index contributed by atoms with van der Waals surface area (Å²) < 4.78 is 56.0. The van der Waals surface area contributed by atoms with Gasteiger partial charge >= 0.3 is 0 Å². The molecule has 1 N–H and O–H groups in total. The van der Waals surface area contributed by atoms with Crippen molar-refractivity contribution in [2.45, 2.75) is 95.8 Å². The summed E-state index contributed by atoms with van der Waals surface area (Å²) in [7, 11) is -4.14. The maximum absolute atomic E-state index is 15.9. The van der Waals surface area contributed by atoms with E-state index in [1.807, 2.05) is 6.07 Å². The predicted molar refractivity (Wildman–Crippen MR) is 121 cm³/mol. The van der Waals surface area contributed by atoms with E-state index in [9.17, 15) is 22.9 Å². The molecule has 9 heteroatoms. The molecule has 3 saturated carbocycles. The molecule has 4 aliphatic rings. The molecule has 6 nitrogen and oxygen atoms in total. The van der Waals surface area contributed by atoms with E-state index >= 15 is 4.39 Å². The van der Waals surface area contributed by atoms with E-state index in [4.69, 9.17) is 0 Å². The smallest absolute Gasteiger partial charge is 0.241 e. The largest absolute Gasteiger partial charge is 0.336 e. The standard InChI is InChI=1S/C24H37F2N3O3S/c1-16(13-27)23(30)29-14-24(10-11-24)22(28-33(31,32)15-25)20(29)12-18-8-5-9-19(21(18)26)17-6-3-2-4-7-17/h16-22,28H,2-12,14-15H2,1H3/t16?,18?,19?,20-,21?,22+/m0/s1. The second-order valence-corrected chi connectivity index (χ2v) is 12.7. The van der Waals surface area contributed by atoms with Crippen LogP contribution in [0.15, 0.2) is 0 Å². The van der Waals surface area contributed by atoms with Crippen LogP contribution in [0.2, 0.25) is 0 Å². The fourth-order valence-electron chi connectivity index (χ4n) is 6.91. The SMILES string of the molecule is CC(C#N)C(=O)N1CC2(CC2)[C@H](NS(=O)(=O)CF)[C@@H]1CC1CCCC(C2CCCCC2)C1F. The Morgan fingerprint density at radius 3 is 2.48 bits per heavy atom. The number of nitriles is 1. The molecule has 186 valence electrons. The highest BCUT2D eigenvalue weighted by molar-refractivity contribution is 7.89. The van der Waals surface area contributed by atoms with Crippen molar-refractivity contribution in [3.63, 3.8) is 0 Å². The van der Waals surface area contributed by atoms with Crippen LogP contribution in [0, 0.1) is 40.4 Å². The van der Waals surface area contributed by atoms with Crippen LogP contribution in [0.1, 0.15) is 77.6 Å². The number of alkyl halides is 2. The van der Waals surface area contributed by atoms with Crippen LogP contribution < -0.4 is 4.72 Å². The van der Waals surface area contributed by atoms with E-state index in [2.05, 4.69) is 4.72 Å². The van der Waals surface area contributed by atoms with Crippen molar-refractivity contribution in [2.24, 2.45) is 29.1 Å². The summed E-state index contributed by atoms with van der Waals surface area (Å²) in [6, 6.07) is -0.717. The number of amides is 1. The Kier molecular flexibility index (Phi) is 7.35. The van der Waals surface area contributed by atoms with Crippen LogP contribution in [0.3, 0.4) is 0 Å². The van der Waals surface area contributed by atoms with Crippen molar-refractivity contribution >= 4 is 15.9 Å². The van der Waals surface area contributed by atoms with Crippen molar-refractivity contribution in [2.75, 3.05) is 12.6 Å². The number of likely N-dealkylation sites (tertiary alicyclic amines) is 1. The molecule has 3 aliphatic carbocycles. The van der Waals surface area contributed by atoms with Crippen LogP contribution in [-0.4, -0.2) is 50.0 Å². The fourth-order valence-corrected chi connectivity index (χ4v) is 7.77. The van der Waals surface area contributed by atoms with Gasteiger partial charge in [-0.2, -0.15) is 5.26 Å². The van der Waals surface area contributed by atoms with E-state index in [1.165, 1.54) is 13.3 Å². The molecule has 0 aromatic heterocycles. The summed E-state index contributed by atoms with van der Waals surface area (Å²) in [5.41, 5.74) is -0.430. The highest BCUT2D eigenvalue weighted by atomic mass is 32.2. The number of carbonyl (C=O) groups excluding carboxylic acids is 1. The first-order chi connectivity index (χ1) is 15.7. The molecule has 1 heterocycles. The number of rotatable bonds is 7. The molecule has 0 aromatic carbocycles. The van der Waals surface area contributed by atoms with Crippen molar-refractivity contribution in [1.29, 1.82) is 5.26 Å². The van der Waals surface area contributed by atoms with Gasteiger partial charge in [0.1, 0.15) is 12.1 Å². The van der Waals surface area contributed by atoms with Gasteiger partial charge in [-0.25, -0.2) is 21.9 Å². The molecule has 1 aliphatic heterocycles. The van der Waals surface area contributed by atoms with Gasteiger partial charge in [-0.3, -0.25) is 4.79 Å². The molecular weight excluding hydrogens is 448 g/mol. The minimum Gasteiger partial charge on any atom is -0.336 e. The van der Waals surface area contributed by atoms with Crippen LogP contribution in [-0.2, 0) is 14.8 Å². The van der Waals surface area contributed by atoms with Crippen molar-refractivity contribution in [3.8, 4) is 6.07 Å². The summed E-state index contributed by atoms with van der Waals surface area (Å²) in [6.45, 7) is 1.88. The van der Waals surface area contributed by atoms with Gasteiger partial charge in [0.05, 0.1) is 6.07 Å². The summed E-state index contributed by atoms with van der Waals surface area (Å²) in [4.78, 5) is 14.7. The van der Waals surface area contributed by atoms with E-state index in [0.717, 1.165) is 51.4 Å². The number of sulfonamides is 1. The van der Waals surface area contributed by atoms with Crippen LogP contribution in [0.5, 0.6) is 0 Å². The van der Waals surface area contributed by atoms with E-state index in [-0.39, 0.29) is 17.7 Å². The van der Waals surface area contributed by atoms with Crippen LogP contribution in [0.25, 0.3) is 0 Å². The van der Waals surface area contributed by atoms with Gasteiger partial charge in [0.25, 0.3) is 0 Å². The topological polar surface area (TPSA) is 90.3 Å². The van der Waals surface area contributed by atoms with Crippen molar-refractivity contribution in [3.05, 3.63) is 0 Å². The maximum Gasteiger partial charge on any atom is 0.241 e. The lowest BCUT2D eigenvalue weighted by Crippen LogP contribution is -2.51. The Bertz CT molecular complexity index is 867. The van der Waals surface area contributed by atoms with Gasteiger partial charge in [-0.05, 0) is 56.8 Å². The van der Waals surface area contributed by atoms with E-state index < -0.39 is 45.6 Å². The lowest BCUT2D eigenvalue weighted by Gasteiger charge is -2.41. The minimum atomic E-state index is -4.14. The van der Waals surface area contributed by atoms with Crippen molar-refractivity contribution in [1.82, 2.24) is 9.62 Å². The molecule has 33 heavy (non-hydrogen) atoms. The van der Waals surface area contributed by atoms with Gasteiger partial charge in [-0.1, -0.05) is 38.5 Å². The zero-order valence-electron chi connectivity index (χ0n) is 19.5. The molecule has 0 radical (unpaired) electrons. The quantitative estimate of drug-likeness (QED) is 0.588. The normalized spacial score (nSPS) is 35.3. The molecule has 6 atom stereocenters. The third kappa shape index (κ3) is 5.07. The number of halogens is 2. The fraction of sp³-hybridized carbons (Fsp3) is 0.917. The maximum atomic E-state index is 15.9. The molecule has 1 amide bonds.